The summed E-state index contributed by atoms with van der Waals surface area (Å²) in [4.78, 5) is 34.4. The van der Waals surface area contributed by atoms with E-state index < -0.39 is 35.5 Å². The number of amides is 2. The van der Waals surface area contributed by atoms with Gasteiger partial charge in [0.05, 0.1) is 5.56 Å². The average molecular weight is 348 g/mol. The molecule has 130 valence electrons. The minimum Gasteiger partial charge on any atom is -0.478 e. The van der Waals surface area contributed by atoms with Crippen molar-refractivity contribution < 1.29 is 28.3 Å². The fourth-order valence-corrected chi connectivity index (χ4v) is 2.12. The Morgan fingerprint density at radius 1 is 1.00 bits per heavy atom. The lowest BCUT2D eigenvalue weighted by Gasteiger charge is -2.16. The van der Waals surface area contributed by atoms with E-state index in [2.05, 4.69) is 5.32 Å². The molecule has 2 amide bonds. The normalized spacial score (nSPS) is 11.6. The highest BCUT2D eigenvalue weighted by atomic mass is 19.2. The third-order valence-corrected chi connectivity index (χ3v) is 3.47. The smallest absolute Gasteiger partial charge is 0.335 e. The molecule has 0 bridgehead atoms. The van der Waals surface area contributed by atoms with Gasteiger partial charge >= 0.3 is 5.97 Å². The van der Waals surface area contributed by atoms with Crippen LogP contribution in [0.5, 0.6) is 0 Å². The fourth-order valence-electron chi connectivity index (χ4n) is 2.12. The number of hydrogen-bond acceptors (Lipinski definition) is 3. The van der Waals surface area contributed by atoms with Crippen molar-refractivity contribution in [2.75, 3.05) is 0 Å². The van der Waals surface area contributed by atoms with E-state index in [0.29, 0.717) is 11.6 Å². The van der Waals surface area contributed by atoms with E-state index in [4.69, 9.17) is 10.8 Å². The van der Waals surface area contributed by atoms with Gasteiger partial charge in [-0.2, -0.15) is 0 Å². The molecule has 0 spiro atoms. The maximum absolute atomic E-state index is 13.2. The van der Waals surface area contributed by atoms with E-state index in [1.165, 1.54) is 24.3 Å². The van der Waals surface area contributed by atoms with Gasteiger partial charge in [0.1, 0.15) is 6.04 Å². The molecule has 1 atom stereocenters. The van der Waals surface area contributed by atoms with E-state index in [0.717, 1.165) is 12.1 Å². The number of aromatic carboxylic acids is 1. The number of primary amides is 1. The minimum atomic E-state index is -1.19. The first-order chi connectivity index (χ1) is 11.8. The van der Waals surface area contributed by atoms with Crippen LogP contribution in [0.2, 0.25) is 0 Å². The summed E-state index contributed by atoms with van der Waals surface area (Å²) in [6.45, 7) is 0. The van der Waals surface area contributed by atoms with Crippen LogP contribution in [0.25, 0.3) is 0 Å². The molecule has 0 radical (unpaired) electrons. The van der Waals surface area contributed by atoms with Crippen LogP contribution in [0.3, 0.4) is 0 Å². The van der Waals surface area contributed by atoms with Crippen molar-refractivity contribution in [3.05, 3.63) is 70.8 Å². The Morgan fingerprint density at radius 3 is 2.12 bits per heavy atom. The second-order valence-electron chi connectivity index (χ2n) is 5.26. The van der Waals surface area contributed by atoms with Crippen LogP contribution in [-0.4, -0.2) is 28.9 Å². The molecule has 2 aromatic carbocycles. The van der Waals surface area contributed by atoms with Crippen LogP contribution in [0, 0.1) is 11.6 Å². The summed E-state index contributed by atoms with van der Waals surface area (Å²) in [5, 5.41) is 11.2. The molecule has 2 rings (SSSR count). The Bertz CT molecular complexity index is 822. The molecule has 0 saturated heterocycles. The maximum atomic E-state index is 13.2. The van der Waals surface area contributed by atoms with Crippen molar-refractivity contribution in [1.82, 2.24) is 5.32 Å². The van der Waals surface area contributed by atoms with Gasteiger partial charge in [0.2, 0.25) is 5.91 Å². The Morgan fingerprint density at radius 2 is 1.60 bits per heavy atom. The predicted molar refractivity (Wildman–Crippen MR) is 83.9 cm³/mol. The summed E-state index contributed by atoms with van der Waals surface area (Å²) in [5.41, 5.74) is 5.74. The maximum Gasteiger partial charge on any atom is 0.335 e. The highest BCUT2D eigenvalue weighted by Gasteiger charge is 2.20. The molecule has 2 aromatic rings. The lowest BCUT2D eigenvalue weighted by atomic mass is 10.0. The number of carboxylic acid groups (broad SMARTS) is 1. The molecule has 0 fully saturated rings. The van der Waals surface area contributed by atoms with Gasteiger partial charge in [0, 0.05) is 12.0 Å². The van der Waals surface area contributed by atoms with Crippen molar-refractivity contribution in [3.8, 4) is 0 Å². The second kappa shape index (κ2) is 7.52. The standard InChI is InChI=1S/C17H14F2N2O4/c18-12-6-5-11(8-13(12)19)16(23)21-14(15(20)22)7-9-1-3-10(4-2-9)17(24)25/h1-6,8,14H,7H2,(H2,20,22)(H,21,23)(H,24,25)/t14-/m1/s1. The highest BCUT2D eigenvalue weighted by Crippen LogP contribution is 2.11. The Kier molecular flexibility index (Phi) is 5.43. The van der Waals surface area contributed by atoms with Crippen LogP contribution in [0.15, 0.2) is 42.5 Å². The van der Waals surface area contributed by atoms with E-state index >= 15 is 0 Å². The largest absolute Gasteiger partial charge is 0.478 e. The molecule has 8 heteroatoms. The molecule has 0 aromatic heterocycles. The number of carboxylic acids is 1. The topological polar surface area (TPSA) is 109 Å². The summed E-state index contributed by atoms with van der Waals surface area (Å²) in [6.07, 6.45) is 0.0185. The fraction of sp³-hybridized carbons (Fsp3) is 0.118. The lowest BCUT2D eigenvalue weighted by molar-refractivity contribution is -0.119. The summed E-state index contributed by atoms with van der Waals surface area (Å²) < 4.78 is 26.1. The Balaban J connectivity index is 2.12. The molecule has 25 heavy (non-hydrogen) atoms. The number of carbonyl (C=O) groups excluding carboxylic acids is 2. The van der Waals surface area contributed by atoms with E-state index in [1.54, 1.807) is 0 Å². The van der Waals surface area contributed by atoms with Gasteiger partial charge < -0.3 is 16.2 Å². The van der Waals surface area contributed by atoms with Crippen molar-refractivity contribution in [1.29, 1.82) is 0 Å². The summed E-state index contributed by atoms with van der Waals surface area (Å²) in [5.74, 6) is -4.98. The van der Waals surface area contributed by atoms with Crippen LogP contribution < -0.4 is 11.1 Å². The summed E-state index contributed by atoms with van der Waals surface area (Å²) >= 11 is 0. The van der Waals surface area contributed by atoms with Crippen molar-refractivity contribution >= 4 is 17.8 Å². The predicted octanol–water partition coefficient (Wildman–Crippen LogP) is 1.49. The van der Waals surface area contributed by atoms with Crippen molar-refractivity contribution in [2.24, 2.45) is 5.73 Å². The van der Waals surface area contributed by atoms with Gasteiger partial charge in [0.15, 0.2) is 11.6 Å². The number of carbonyl (C=O) groups is 3. The van der Waals surface area contributed by atoms with E-state index in [1.807, 2.05) is 0 Å². The Hall–Kier alpha value is -3.29. The molecule has 0 unspecified atom stereocenters. The minimum absolute atomic E-state index is 0.0185. The number of rotatable bonds is 6. The number of halogens is 2. The van der Waals surface area contributed by atoms with Crippen molar-refractivity contribution in [2.45, 2.75) is 12.5 Å². The monoisotopic (exact) mass is 348 g/mol. The summed E-state index contributed by atoms with van der Waals surface area (Å²) in [6, 6.07) is 7.18. The molecule has 0 aliphatic heterocycles. The number of benzene rings is 2. The van der Waals surface area contributed by atoms with Gasteiger partial charge in [-0.3, -0.25) is 9.59 Å². The van der Waals surface area contributed by atoms with E-state index in [-0.39, 0.29) is 17.5 Å². The van der Waals surface area contributed by atoms with Gasteiger partial charge in [-0.25, -0.2) is 13.6 Å². The van der Waals surface area contributed by atoms with Gasteiger partial charge in [-0.15, -0.1) is 0 Å². The SMILES string of the molecule is NC(=O)[C@@H](Cc1ccc(C(=O)O)cc1)NC(=O)c1ccc(F)c(F)c1. The van der Waals surface area contributed by atoms with Crippen molar-refractivity contribution in [3.63, 3.8) is 0 Å². The quantitative estimate of drug-likeness (QED) is 0.735. The number of nitrogens with two attached hydrogens (primary N) is 1. The molecule has 0 heterocycles. The van der Waals surface area contributed by atoms with Crippen LogP contribution in [0.4, 0.5) is 8.78 Å². The lowest BCUT2D eigenvalue weighted by Crippen LogP contribution is -2.45. The Labute approximate surface area is 141 Å². The molecular weight excluding hydrogens is 334 g/mol. The van der Waals surface area contributed by atoms with Gasteiger partial charge in [0.25, 0.3) is 5.91 Å². The van der Waals surface area contributed by atoms with Crippen LogP contribution in [0.1, 0.15) is 26.3 Å². The van der Waals surface area contributed by atoms with Gasteiger partial charge in [-0.05, 0) is 35.9 Å². The van der Waals surface area contributed by atoms with Crippen LogP contribution >= 0.6 is 0 Å². The highest BCUT2D eigenvalue weighted by molar-refractivity contribution is 5.97. The first-order valence-electron chi connectivity index (χ1n) is 7.15. The molecule has 4 N–H and O–H groups in total. The first kappa shape index (κ1) is 18.1. The van der Waals surface area contributed by atoms with E-state index in [9.17, 15) is 23.2 Å². The van der Waals surface area contributed by atoms with Crippen LogP contribution in [-0.2, 0) is 11.2 Å². The third kappa shape index (κ3) is 4.60. The molecule has 0 saturated carbocycles. The average Bonchev–Trinajstić information content (AvgIpc) is 2.57. The molecule has 6 nitrogen and oxygen atoms in total. The molecule has 0 aliphatic rings. The first-order valence-corrected chi connectivity index (χ1v) is 7.15. The summed E-state index contributed by atoms with van der Waals surface area (Å²) in [7, 11) is 0. The zero-order chi connectivity index (χ0) is 18.6. The number of nitrogens with one attached hydrogen (secondary N) is 1. The molecule has 0 aliphatic carbocycles. The molecular formula is C17H14F2N2O4. The van der Waals surface area contributed by atoms with Gasteiger partial charge in [-0.1, -0.05) is 12.1 Å². The zero-order valence-electron chi connectivity index (χ0n) is 12.8. The number of hydrogen-bond donors (Lipinski definition) is 3. The zero-order valence-corrected chi connectivity index (χ0v) is 12.8. The second-order valence-corrected chi connectivity index (χ2v) is 5.26. The third-order valence-electron chi connectivity index (χ3n) is 3.47.